The summed E-state index contributed by atoms with van der Waals surface area (Å²) in [6, 6.07) is 14.6. The molecule has 0 aliphatic rings. The fourth-order valence-corrected chi connectivity index (χ4v) is 2.13. The summed E-state index contributed by atoms with van der Waals surface area (Å²) < 4.78 is 0. The highest BCUT2D eigenvalue weighted by Gasteiger charge is 2.09. The van der Waals surface area contributed by atoms with Crippen LogP contribution in [0.1, 0.15) is 16.1 Å². The number of pyridine rings is 1. The zero-order valence-electron chi connectivity index (χ0n) is 12.2. The molecule has 0 unspecified atom stereocenters. The Morgan fingerprint density at radius 3 is 2.70 bits per heavy atom. The number of carbonyl (C=O) groups is 1. The van der Waals surface area contributed by atoms with Crippen molar-refractivity contribution in [3.8, 4) is 11.3 Å². The number of nitrogens with zero attached hydrogens (tertiary/aromatic N) is 2. The van der Waals surface area contributed by atoms with Crippen LogP contribution in [0, 0.1) is 0 Å². The van der Waals surface area contributed by atoms with Crippen molar-refractivity contribution in [2.75, 3.05) is 0 Å². The molecule has 2 N–H and O–H groups in total. The van der Waals surface area contributed by atoms with Crippen molar-refractivity contribution in [2.45, 2.75) is 6.54 Å². The van der Waals surface area contributed by atoms with Crippen LogP contribution in [0.25, 0.3) is 11.3 Å². The van der Waals surface area contributed by atoms with Gasteiger partial charge in [-0.25, -0.2) is 9.97 Å². The summed E-state index contributed by atoms with van der Waals surface area (Å²) >= 11 is 0. The van der Waals surface area contributed by atoms with Crippen LogP contribution in [-0.4, -0.2) is 20.9 Å². The minimum absolute atomic E-state index is 0.0739. The number of carbonyl (C=O) groups excluding carboxylic acids is 1. The number of rotatable bonds is 4. The van der Waals surface area contributed by atoms with Crippen molar-refractivity contribution in [3.05, 3.63) is 82.7 Å². The lowest BCUT2D eigenvalue weighted by Crippen LogP contribution is -2.29. The molecule has 2 heterocycles. The van der Waals surface area contributed by atoms with Crippen LogP contribution in [0.4, 0.5) is 0 Å². The van der Waals surface area contributed by atoms with E-state index in [0.717, 1.165) is 11.3 Å². The van der Waals surface area contributed by atoms with Gasteiger partial charge in [0.25, 0.3) is 11.5 Å². The SMILES string of the molecule is O=C(NCc1cc(-c2ccccc2)ncn1)c1ccc[nH]c1=O. The van der Waals surface area contributed by atoms with E-state index >= 15 is 0 Å². The van der Waals surface area contributed by atoms with E-state index in [-0.39, 0.29) is 12.1 Å². The van der Waals surface area contributed by atoms with Crippen LogP contribution in [0.3, 0.4) is 0 Å². The largest absolute Gasteiger partial charge is 0.346 e. The number of aromatic nitrogens is 3. The second-order valence-electron chi connectivity index (χ2n) is 4.86. The predicted molar refractivity (Wildman–Crippen MR) is 85.7 cm³/mol. The van der Waals surface area contributed by atoms with Crippen molar-refractivity contribution >= 4 is 5.91 Å². The van der Waals surface area contributed by atoms with E-state index in [1.807, 2.05) is 36.4 Å². The van der Waals surface area contributed by atoms with Gasteiger partial charge in [-0.05, 0) is 18.2 Å². The first-order valence-corrected chi connectivity index (χ1v) is 7.06. The van der Waals surface area contributed by atoms with Gasteiger partial charge in [0.1, 0.15) is 11.9 Å². The summed E-state index contributed by atoms with van der Waals surface area (Å²) in [6.07, 6.45) is 2.94. The summed E-state index contributed by atoms with van der Waals surface area (Å²) in [6.45, 7) is 0.218. The number of nitrogens with one attached hydrogen (secondary N) is 2. The van der Waals surface area contributed by atoms with Crippen LogP contribution in [0.15, 0.2) is 65.8 Å². The molecule has 1 amide bonds. The highest BCUT2D eigenvalue weighted by Crippen LogP contribution is 2.15. The Morgan fingerprint density at radius 1 is 1.09 bits per heavy atom. The minimum Gasteiger partial charge on any atom is -0.346 e. The highest BCUT2D eigenvalue weighted by atomic mass is 16.2. The maximum absolute atomic E-state index is 12.0. The number of benzene rings is 1. The third kappa shape index (κ3) is 3.49. The van der Waals surface area contributed by atoms with Crippen molar-refractivity contribution in [3.63, 3.8) is 0 Å². The van der Waals surface area contributed by atoms with Crippen molar-refractivity contribution in [1.29, 1.82) is 0 Å². The van der Waals surface area contributed by atoms with Crippen LogP contribution in [0.2, 0.25) is 0 Å². The molecule has 0 saturated carbocycles. The standard InChI is InChI=1S/C17H14N4O2/c22-16-14(7-4-8-18-16)17(23)19-10-13-9-15(21-11-20-13)12-5-2-1-3-6-12/h1-9,11H,10H2,(H,18,22)(H,19,23). The molecule has 0 aliphatic carbocycles. The molecular weight excluding hydrogens is 292 g/mol. The van der Waals surface area contributed by atoms with Gasteiger partial charge in [-0.2, -0.15) is 0 Å². The highest BCUT2D eigenvalue weighted by molar-refractivity contribution is 5.93. The Bertz CT molecular complexity index is 875. The Balaban J connectivity index is 1.73. The van der Waals surface area contributed by atoms with Gasteiger partial charge in [0, 0.05) is 11.8 Å². The maximum Gasteiger partial charge on any atom is 0.260 e. The molecule has 3 rings (SSSR count). The molecule has 3 aromatic rings. The molecule has 0 spiro atoms. The minimum atomic E-state index is -0.438. The van der Waals surface area contributed by atoms with Gasteiger partial charge in [-0.15, -0.1) is 0 Å². The number of aromatic amines is 1. The number of H-pyrrole nitrogens is 1. The first kappa shape index (κ1) is 14.6. The molecule has 0 atom stereocenters. The van der Waals surface area contributed by atoms with Gasteiger partial charge in [0.05, 0.1) is 17.9 Å². The quantitative estimate of drug-likeness (QED) is 0.769. The summed E-state index contributed by atoms with van der Waals surface area (Å²) in [4.78, 5) is 34.4. The second-order valence-corrected chi connectivity index (χ2v) is 4.86. The summed E-state index contributed by atoms with van der Waals surface area (Å²) in [5, 5.41) is 2.69. The van der Waals surface area contributed by atoms with E-state index in [1.54, 1.807) is 6.07 Å². The van der Waals surface area contributed by atoms with E-state index in [2.05, 4.69) is 20.3 Å². The molecule has 1 aromatic carbocycles. The van der Waals surface area contributed by atoms with E-state index in [9.17, 15) is 9.59 Å². The van der Waals surface area contributed by atoms with E-state index in [4.69, 9.17) is 0 Å². The molecule has 2 aromatic heterocycles. The van der Waals surface area contributed by atoms with Gasteiger partial charge in [0.15, 0.2) is 0 Å². The van der Waals surface area contributed by atoms with E-state index in [1.165, 1.54) is 18.6 Å². The van der Waals surface area contributed by atoms with Crippen LogP contribution >= 0.6 is 0 Å². The molecule has 114 valence electrons. The molecule has 0 bridgehead atoms. The molecule has 6 heteroatoms. The average molecular weight is 306 g/mol. The predicted octanol–water partition coefficient (Wildman–Crippen LogP) is 1.76. The van der Waals surface area contributed by atoms with Gasteiger partial charge in [-0.3, -0.25) is 9.59 Å². The van der Waals surface area contributed by atoms with E-state index < -0.39 is 11.5 Å². The van der Waals surface area contributed by atoms with Gasteiger partial charge in [0.2, 0.25) is 0 Å². The van der Waals surface area contributed by atoms with Gasteiger partial charge >= 0.3 is 0 Å². The first-order chi connectivity index (χ1) is 11.2. The lowest BCUT2D eigenvalue weighted by Gasteiger charge is -2.06. The molecule has 6 nitrogen and oxygen atoms in total. The van der Waals surface area contributed by atoms with Crippen LogP contribution < -0.4 is 10.9 Å². The zero-order valence-corrected chi connectivity index (χ0v) is 12.2. The first-order valence-electron chi connectivity index (χ1n) is 7.06. The van der Waals surface area contributed by atoms with Crippen LogP contribution in [0.5, 0.6) is 0 Å². The maximum atomic E-state index is 12.0. The van der Waals surface area contributed by atoms with E-state index in [0.29, 0.717) is 5.69 Å². The smallest absolute Gasteiger partial charge is 0.260 e. The lowest BCUT2D eigenvalue weighted by atomic mass is 10.1. The van der Waals surface area contributed by atoms with Crippen molar-refractivity contribution in [2.24, 2.45) is 0 Å². The summed E-state index contributed by atoms with van der Waals surface area (Å²) in [7, 11) is 0. The topological polar surface area (TPSA) is 87.7 Å². The van der Waals surface area contributed by atoms with Crippen molar-refractivity contribution in [1.82, 2.24) is 20.3 Å². The molecule has 0 fully saturated rings. The van der Waals surface area contributed by atoms with Crippen LogP contribution in [-0.2, 0) is 6.54 Å². The lowest BCUT2D eigenvalue weighted by molar-refractivity contribution is 0.0949. The molecule has 0 saturated heterocycles. The summed E-state index contributed by atoms with van der Waals surface area (Å²) in [5.41, 5.74) is 2.08. The summed E-state index contributed by atoms with van der Waals surface area (Å²) in [5.74, 6) is -0.438. The Kier molecular flexibility index (Phi) is 4.24. The second kappa shape index (κ2) is 6.65. The normalized spacial score (nSPS) is 10.3. The van der Waals surface area contributed by atoms with Crippen molar-refractivity contribution < 1.29 is 4.79 Å². The third-order valence-corrected chi connectivity index (χ3v) is 3.29. The Hall–Kier alpha value is -3.28. The molecule has 23 heavy (non-hydrogen) atoms. The fourth-order valence-electron chi connectivity index (χ4n) is 2.13. The van der Waals surface area contributed by atoms with Gasteiger partial charge in [-0.1, -0.05) is 30.3 Å². The molecule has 0 aliphatic heterocycles. The number of amides is 1. The number of hydrogen-bond donors (Lipinski definition) is 2. The average Bonchev–Trinajstić information content (AvgIpc) is 2.61. The molecule has 0 radical (unpaired) electrons. The van der Waals surface area contributed by atoms with Gasteiger partial charge < -0.3 is 10.3 Å². The fraction of sp³-hybridized carbons (Fsp3) is 0.0588. The zero-order chi connectivity index (χ0) is 16.1. The Morgan fingerprint density at radius 2 is 1.91 bits per heavy atom. The third-order valence-electron chi connectivity index (χ3n) is 3.29. The Labute approximate surface area is 132 Å². The molecular formula is C17H14N4O2. The monoisotopic (exact) mass is 306 g/mol. The number of hydrogen-bond acceptors (Lipinski definition) is 4.